The van der Waals surface area contributed by atoms with Crippen LogP contribution in [-0.2, 0) is 21.3 Å². The Morgan fingerprint density at radius 2 is 1.70 bits per heavy atom. The molecule has 1 amide bonds. The largest absolute Gasteiger partial charge is 0.325 e. The van der Waals surface area contributed by atoms with E-state index in [-0.39, 0.29) is 11.7 Å². The van der Waals surface area contributed by atoms with Crippen molar-refractivity contribution in [2.24, 2.45) is 0 Å². The lowest BCUT2D eigenvalue weighted by Crippen LogP contribution is -2.20. The topological polar surface area (TPSA) is 46.2 Å². The van der Waals surface area contributed by atoms with E-state index < -0.39 is 10.8 Å². The van der Waals surface area contributed by atoms with Gasteiger partial charge in [0.15, 0.2) is 0 Å². The second kappa shape index (κ2) is 7.22. The van der Waals surface area contributed by atoms with Crippen LogP contribution in [0.25, 0.3) is 0 Å². The summed E-state index contributed by atoms with van der Waals surface area (Å²) in [5.41, 5.74) is 1.61. The highest BCUT2D eigenvalue weighted by molar-refractivity contribution is 7.84. The van der Waals surface area contributed by atoms with Crippen molar-refractivity contribution >= 4 is 34.0 Å². The second-order valence-electron chi connectivity index (χ2n) is 4.27. The Balaban J connectivity index is 1.85. The van der Waals surface area contributed by atoms with Gasteiger partial charge in [0.2, 0.25) is 5.91 Å². The third-order valence-corrected chi connectivity index (χ3v) is 4.08. The van der Waals surface area contributed by atoms with E-state index in [1.165, 1.54) is 0 Å². The standard InChI is InChI=1S/C15H14ClNO2S/c16-13-6-8-14(9-7-13)17-15(18)11-20(19)10-12-4-2-1-3-5-12/h1-9H,10-11H2,(H,17,18)/t20-/m0/s1. The maximum atomic E-state index is 11.9. The van der Waals surface area contributed by atoms with Gasteiger partial charge in [-0.25, -0.2) is 0 Å². The lowest BCUT2D eigenvalue weighted by molar-refractivity contribution is -0.113. The number of hydrogen-bond donors (Lipinski definition) is 1. The van der Waals surface area contributed by atoms with Crippen molar-refractivity contribution in [2.75, 3.05) is 11.1 Å². The summed E-state index contributed by atoms with van der Waals surface area (Å²) in [5, 5.41) is 3.30. The van der Waals surface area contributed by atoms with Crippen LogP contribution in [-0.4, -0.2) is 15.9 Å². The molecule has 0 saturated carbocycles. The third kappa shape index (κ3) is 4.79. The SMILES string of the molecule is O=C(C[S@@](=O)Cc1ccccc1)Nc1ccc(Cl)cc1. The summed E-state index contributed by atoms with van der Waals surface area (Å²) in [6.45, 7) is 0. The number of hydrogen-bond acceptors (Lipinski definition) is 2. The van der Waals surface area contributed by atoms with E-state index in [1.54, 1.807) is 24.3 Å². The minimum atomic E-state index is -1.22. The Labute approximate surface area is 125 Å². The van der Waals surface area contributed by atoms with Gasteiger partial charge in [-0.15, -0.1) is 0 Å². The van der Waals surface area contributed by atoms with Crippen molar-refractivity contribution in [1.82, 2.24) is 0 Å². The lowest BCUT2D eigenvalue weighted by atomic mass is 10.2. The minimum absolute atomic E-state index is 0.0163. The summed E-state index contributed by atoms with van der Waals surface area (Å²) >= 11 is 5.76. The zero-order valence-corrected chi connectivity index (χ0v) is 12.3. The molecule has 0 aliphatic carbocycles. The summed E-state index contributed by atoms with van der Waals surface area (Å²) in [6.07, 6.45) is 0. The zero-order valence-electron chi connectivity index (χ0n) is 10.7. The Kier molecular flexibility index (Phi) is 5.32. The number of nitrogens with one attached hydrogen (secondary N) is 1. The van der Waals surface area contributed by atoms with Crippen molar-refractivity contribution in [3.63, 3.8) is 0 Å². The highest BCUT2D eigenvalue weighted by Crippen LogP contribution is 2.13. The average molecular weight is 308 g/mol. The highest BCUT2D eigenvalue weighted by atomic mass is 35.5. The van der Waals surface area contributed by atoms with Gasteiger partial charge in [-0.1, -0.05) is 41.9 Å². The Bertz CT molecular complexity index is 599. The monoisotopic (exact) mass is 307 g/mol. The number of carbonyl (C=O) groups is 1. The van der Waals surface area contributed by atoms with E-state index in [4.69, 9.17) is 11.6 Å². The average Bonchev–Trinajstić information content (AvgIpc) is 2.42. The van der Waals surface area contributed by atoms with Crippen molar-refractivity contribution in [1.29, 1.82) is 0 Å². The maximum Gasteiger partial charge on any atom is 0.237 e. The normalized spacial score (nSPS) is 11.8. The number of anilines is 1. The van der Waals surface area contributed by atoms with Gasteiger partial charge in [0.25, 0.3) is 0 Å². The Hall–Kier alpha value is -1.65. The minimum Gasteiger partial charge on any atom is -0.325 e. The fraction of sp³-hybridized carbons (Fsp3) is 0.133. The number of carbonyl (C=O) groups excluding carboxylic acids is 1. The summed E-state index contributed by atoms with van der Waals surface area (Å²) in [4.78, 5) is 11.8. The van der Waals surface area contributed by atoms with Crippen LogP contribution >= 0.6 is 11.6 Å². The van der Waals surface area contributed by atoms with E-state index >= 15 is 0 Å². The summed E-state index contributed by atoms with van der Waals surface area (Å²) in [7, 11) is -1.22. The Morgan fingerprint density at radius 1 is 1.05 bits per heavy atom. The highest BCUT2D eigenvalue weighted by Gasteiger charge is 2.09. The van der Waals surface area contributed by atoms with Crippen LogP contribution in [0, 0.1) is 0 Å². The van der Waals surface area contributed by atoms with Crippen LogP contribution in [0.3, 0.4) is 0 Å². The molecule has 0 spiro atoms. The molecule has 1 N–H and O–H groups in total. The van der Waals surface area contributed by atoms with Crippen molar-refractivity contribution in [3.8, 4) is 0 Å². The molecule has 1 atom stereocenters. The zero-order chi connectivity index (χ0) is 14.4. The third-order valence-electron chi connectivity index (χ3n) is 2.59. The first-order chi connectivity index (χ1) is 9.63. The van der Waals surface area contributed by atoms with Gasteiger partial charge in [-0.05, 0) is 29.8 Å². The number of amides is 1. The van der Waals surface area contributed by atoms with Crippen LogP contribution in [0.5, 0.6) is 0 Å². The molecule has 0 heterocycles. The van der Waals surface area contributed by atoms with E-state index in [0.717, 1.165) is 5.56 Å². The predicted molar refractivity (Wildman–Crippen MR) is 83.2 cm³/mol. The molecule has 104 valence electrons. The molecule has 0 radical (unpaired) electrons. The summed E-state index contributed by atoms with van der Waals surface area (Å²) in [5.74, 6) is 0.105. The second-order valence-corrected chi connectivity index (χ2v) is 6.16. The molecule has 2 aromatic rings. The van der Waals surface area contributed by atoms with Crippen LogP contribution in [0.2, 0.25) is 5.02 Å². The first-order valence-electron chi connectivity index (χ1n) is 6.08. The first-order valence-corrected chi connectivity index (χ1v) is 7.94. The molecule has 0 fully saturated rings. The maximum absolute atomic E-state index is 11.9. The van der Waals surface area contributed by atoms with E-state index in [1.807, 2.05) is 30.3 Å². The molecule has 0 saturated heterocycles. The molecule has 0 aromatic heterocycles. The summed E-state index contributed by atoms with van der Waals surface area (Å²) < 4.78 is 11.9. The molecule has 3 nitrogen and oxygen atoms in total. The predicted octanol–water partition coefficient (Wildman–Crippen LogP) is 3.23. The van der Waals surface area contributed by atoms with Crippen LogP contribution in [0.4, 0.5) is 5.69 Å². The fourth-order valence-corrected chi connectivity index (χ4v) is 2.84. The fourth-order valence-electron chi connectivity index (χ4n) is 1.69. The molecule has 2 aromatic carbocycles. The smallest absolute Gasteiger partial charge is 0.237 e. The number of rotatable bonds is 5. The number of benzene rings is 2. The van der Waals surface area contributed by atoms with E-state index in [2.05, 4.69) is 5.32 Å². The summed E-state index contributed by atoms with van der Waals surface area (Å²) in [6, 6.07) is 16.3. The van der Waals surface area contributed by atoms with E-state index in [0.29, 0.717) is 16.5 Å². The molecular weight excluding hydrogens is 294 g/mol. The van der Waals surface area contributed by atoms with Crippen LogP contribution < -0.4 is 5.32 Å². The van der Waals surface area contributed by atoms with Crippen molar-refractivity contribution in [2.45, 2.75) is 5.75 Å². The molecular formula is C15H14ClNO2S. The van der Waals surface area contributed by atoms with Gasteiger partial charge < -0.3 is 5.32 Å². The molecule has 0 aliphatic heterocycles. The van der Waals surface area contributed by atoms with Gasteiger partial charge in [-0.3, -0.25) is 9.00 Å². The van der Waals surface area contributed by atoms with Crippen LogP contribution in [0.15, 0.2) is 54.6 Å². The number of halogens is 1. The van der Waals surface area contributed by atoms with Crippen molar-refractivity contribution < 1.29 is 9.00 Å². The molecule has 0 bridgehead atoms. The first kappa shape index (κ1) is 14.8. The molecule has 0 aliphatic rings. The van der Waals surface area contributed by atoms with Gasteiger partial charge in [0, 0.05) is 27.3 Å². The Morgan fingerprint density at radius 3 is 2.35 bits per heavy atom. The lowest BCUT2D eigenvalue weighted by Gasteiger charge is -2.05. The quantitative estimate of drug-likeness (QED) is 0.922. The van der Waals surface area contributed by atoms with Gasteiger partial charge in [0.1, 0.15) is 5.75 Å². The molecule has 5 heteroatoms. The van der Waals surface area contributed by atoms with Gasteiger partial charge >= 0.3 is 0 Å². The van der Waals surface area contributed by atoms with Crippen molar-refractivity contribution in [3.05, 3.63) is 65.2 Å². The van der Waals surface area contributed by atoms with Crippen LogP contribution in [0.1, 0.15) is 5.56 Å². The van der Waals surface area contributed by atoms with Gasteiger partial charge in [-0.2, -0.15) is 0 Å². The molecule has 0 unspecified atom stereocenters. The van der Waals surface area contributed by atoms with E-state index in [9.17, 15) is 9.00 Å². The molecule has 2 rings (SSSR count). The van der Waals surface area contributed by atoms with Gasteiger partial charge in [0.05, 0.1) is 0 Å². The molecule has 20 heavy (non-hydrogen) atoms.